The average Bonchev–Trinajstić information content (AvgIpc) is 2.79. The molecule has 0 aliphatic rings. The molecule has 0 amide bonds. The van der Waals surface area contributed by atoms with Crippen molar-refractivity contribution in [2.24, 2.45) is 0 Å². The lowest BCUT2D eigenvalue weighted by Crippen LogP contribution is -2.02. The molecule has 0 bridgehead atoms. The Balaban J connectivity index is 1.77. The number of nitriles is 2. The van der Waals surface area contributed by atoms with Crippen LogP contribution in [0.3, 0.4) is 0 Å². The van der Waals surface area contributed by atoms with Crippen LogP contribution in [0.1, 0.15) is 17.0 Å². The standard InChI is InChI=1S/C23H14N6/c1-15-7-9-17(10-8-15)22-21(14-25)27-23(29-28-22)19-12-11-18(20(13-24)26-19)16-5-3-2-4-6-16/h2-12H,1H3. The van der Waals surface area contributed by atoms with E-state index in [9.17, 15) is 10.5 Å². The van der Waals surface area contributed by atoms with Gasteiger partial charge in [-0.1, -0.05) is 60.2 Å². The number of aromatic nitrogens is 4. The second-order valence-electron chi connectivity index (χ2n) is 6.38. The summed E-state index contributed by atoms with van der Waals surface area (Å²) >= 11 is 0. The summed E-state index contributed by atoms with van der Waals surface area (Å²) in [5.74, 6) is 0.202. The van der Waals surface area contributed by atoms with Crippen molar-refractivity contribution in [2.75, 3.05) is 0 Å². The fourth-order valence-electron chi connectivity index (χ4n) is 2.94. The highest BCUT2D eigenvalue weighted by Gasteiger charge is 2.15. The van der Waals surface area contributed by atoms with E-state index in [2.05, 4.69) is 32.3 Å². The van der Waals surface area contributed by atoms with Crippen LogP contribution < -0.4 is 0 Å². The first kappa shape index (κ1) is 18.0. The third kappa shape index (κ3) is 3.55. The predicted octanol–water partition coefficient (Wildman–Crippen LogP) is 4.32. The molecule has 2 aromatic heterocycles. The van der Waals surface area contributed by atoms with Crippen molar-refractivity contribution in [3.63, 3.8) is 0 Å². The van der Waals surface area contributed by atoms with Crippen LogP contribution in [0.2, 0.25) is 0 Å². The van der Waals surface area contributed by atoms with Gasteiger partial charge in [0.1, 0.15) is 29.2 Å². The molecule has 0 N–H and O–H groups in total. The summed E-state index contributed by atoms with van der Waals surface area (Å²) in [6, 6.07) is 24.9. The first-order valence-corrected chi connectivity index (χ1v) is 8.88. The molecule has 136 valence electrons. The molecule has 29 heavy (non-hydrogen) atoms. The van der Waals surface area contributed by atoms with Gasteiger partial charge < -0.3 is 0 Å². The Kier molecular flexibility index (Phi) is 4.75. The van der Waals surface area contributed by atoms with Crippen LogP contribution in [0, 0.1) is 29.6 Å². The van der Waals surface area contributed by atoms with Gasteiger partial charge in [-0.25, -0.2) is 9.97 Å². The van der Waals surface area contributed by atoms with Gasteiger partial charge in [0.2, 0.25) is 5.82 Å². The van der Waals surface area contributed by atoms with Gasteiger partial charge >= 0.3 is 0 Å². The van der Waals surface area contributed by atoms with E-state index in [1.165, 1.54) is 0 Å². The van der Waals surface area contributed by atoms with Crippen molar-refractivity contribution >= 4 is 0 Å². The molecule has 0 aliphatic carbocycles. The molecule has 2 heterocycles. The molecule has 0 fully saturated rings. The Hall–Kier alpha value is -4.42. The molecule has 0 saturated carbocycles. The minimum Gasteiger partial charge on any atom is -0.233 e. The number of hydrogen-bond acceptors (Lipinski definition) is 6. The maximum Gasteiger partial charge on any atom is 0.201 e. The average molecular weight is 374 g/mol. The van der Waals surface area contributed by atoms with E-state index in [4.69, 9.17) is 0 Å². The molecule has 0 aliphatic heterocycles. The van der Waals surface area contributed by atoms with Gasteiger partial charge in [0.15, 0.2) is 5.69 Å². The Morgan fingerprint density at radius 1 is 0.690 bits per heavy atom. The van der Waals surface area contributed by atoms with Crippen molar-refractivity contribution in [2.45, 2.75) is 6.92 Å². The quantitative estimate of drug-likeness (QED) is 0.529. The summed E-state index contributed by atoms with van der Waals surface area (Å²) in [5.41, 5.74) is 4.72. The van der Waals surface area contributed by atoms with E-state index in [1.807, 2.05) is 61.5 Å². The number of nitrogens with zero attached hydrogens (tertiary/aromatic N) is 6. The smallest absolute Gasteiger partial charge is 0.201 e. The van der Waals surface area contributed by atoms with Gasteiger partial charge in [-0.15, -0.1) is 10.2 Å². The maximum absolute atomic E-state index is 9.55. The van der Waals surface area contributed by atoms with Crippen LogP contribution in [0.4, 0.5) is 0 Å². The maximum atomic E-state index is 9.55. The zero-order chi connectivity index (χ0) is 20.2. The normalized spacial score (nSPS) is 10.2. The van der Waals surface area contributed by atoms with Crippen molar-refractivity contribution < 1.29 is 0 Å². The van der Waals surface area contributed by atoms with Crippen molar-refractivity contribution in [1.29, 1.82) is 10.5 Å². The van der Waals surface area contributed by atoms with Crippen LogP contribution in [-0.2, 0) is 0 Å². The van der Waals surface area contributed by atoms with Gasteiger partial charge in [-0.05, 0) is 24.6 Å². The Morgan fingerprint density at radius 2 is 1.41 bits per heavy atom. The highest BCUT2D eigenvalue weighted by atomic mass is 15.2. The summed E-state index contributed by atoms with van der Waals surface area (Å²) in [7, 11) is 0. The fourth-order valence-corrected chi connectivity index (χ4v) is 2.94. The number of benzene rings is 2. The van der Waals surface area contributed by atoms with Gasteiger partial charge in [0, 0.05) is 11.1 Å². The number of rotatable bonds is 3. The topological polar surface area (TPSA) is 99.1 Å². The highest BCUT2D eigenvalue weighted by Crippen LogP contribution is 2.26. The summed E-state index contributed by atoms with van der Waals surface area (Å²) in [6.07, 6.45) is 0. The summed E-state index contributed by atoms with van der Waals surface area (Å²) in [5, 5.41) is 27.4. The second kappa shape index (κ2) is 7.67. The van der Waals surface area contributed by atoms with E-state index >= 15 is 0 Å². The first-order valence-electron chi connectivity index (χ1n) is 8.88. The molecule has 0 saturated heterocycles. The lowest BCUT2D eigenvalue weighted by atomic mass is 10.0. The van der Waals surface area contributed by atoms with Crippen LogP contribution in [0.5, 0.6) is 0 Å². The fraction of sp³-hybridized carbons (Fsp3) is 0.0435. The summed E-state index contributed by atoms with van der Waals surface area (Å²) in [4.78, 5) is 8.72. The zero-order valence-electron chi connectivity index (χ0n) is 15.5. The van der Waals surface area contributed by atoms with Crippen molar-refractivity contribution in [1.82, 2.24) is 20.2 Å². The lowest BCUT2D eigenvalue weighted by molar-refractivity contribution is 0.965. The Bertz CT molecular complexity index is 1270. The highest BCUT2D eigenvalue weighted by molar-refractivity contribution is 5.71. The molecule has 0 radical (unpaired) electrons. The lowest BCUT2D eigenvalue weighted by Gasteiger charge is -2.07. The van der Waals surface area contributed by atoms with Gasteiger partial charge in [-0.3, -0.25) is 0 Å². The van der Waals surface area contributed by atoms with E-state index in [1.54, 1.807) is 12.1 Å². The van der Waals surface area contributed by atoms with E-state index < -0.39 is 0 Å². The van der Waals surface area contributed by atoms with E-state index in [0.29, 0.717) is 11.4 Å². The Morgan fingerprint density at radius 3 is 2.10 bits per heavy atom. The molecule has 2 aromatic carbocycles. The molecular formula is C23H14N6. The minimum atomic E-state index is 0.159. The van der Waals surface area contributed by atoms with Crippen LogP contribution in [0.25, 0.3) is 33.9 Å². The Labute approximate surface area is 167 Å². The SMILES string of the molecule is Cc1ccc(-c2nnc(-c3ccc(-c4ccccc4)c(C#N)n3)nc2C#N)cc1. The van der Waals surface area contributed by atoms with Gasteiger partial charge in [0.05, 0.1) is 0 Å². The molecule has 0 atom stereocenters. The molecular weight excluding hydrogens is 360 g/mol. The molecule has 4 rings (SSSR count). The van der Waals surface area contributed by atoms with E-state index in [0.717, 1.165) is 22.3 Å². The summed E-state index contributed by atoms with van der Waals surface area (Å²) in [6.45, 7) is 1.99. The zero-order valence-corrected chi connectivity index (χ0v) is 15.5. The van der Waals surface area contributed by atoms with Crippen molar-refractivity contribution in [3.8, 4) is 46.0 Å². The number of aryl methyl sites for hydroxylation is 1. The van der Waals surface area contributed by atoms with Gasteiger partial charge in [0.25, 0.3) is 0 Å². The molecule has 0 unspecified atom stereocenters. The second-order valence-corrected chi connectivity index (χ2v) is 6.38. The van der Waals surface area contributed by atoms with Crippen LogP contribution in [-0.4, -0.2) is 20.2 Å². The third-order valence-corrected chi connectivity index (χ3v) is 4.43. The molecule has 6 heteroatoms. The number of hydrogen-bond donors (Lipinski definition) is 0. The van der Waals surface area contributed by atoms with Crippen LogP contribution >= 0.6 is 0 Å². The molecule has 6 nitrogen and oxygen atoms in total. The minimum absolute atomic E-state index is 0.159. The molecule has 4 aromatic rings. The van der Waals surface area contributed by atoms with Gasteiger partial charge in [-0.2, -0.15) is 10.5 Å². The monoisotopic (exact) mass is 374 g/mol. The van der Waals surface area contributed by atoms with Crippen molar-refractivity contribution in [3.05, 3.63) is 83.7 Å². The third-order valence-electron chi connectivity index (χ3n) is 4.43. The summed E-state index contributed by atoms with van der Waals surface area (Å²) < 4.78 is 0. The van der Waals surface area contributed by atoms with Crippen LogP contribution in [0.15, 0.2) is 66.7 Å². The number of pyridine rings is 1. The first-order chi connectivity index (χ1) is 14.2. The predicted molar refractivity (Wildman–Crippen MR) is 108 cm³/mol. The van der Waals surface area contributed by atoms with E-state index in [-0.39, 0.29) is 17.2 Å². The molecule has 0 spiro atoms. The largest absolute Gasteiger partial charge is 0.233 e.